The minimum absolute atomic E-state index is 0.0271. The second-order valence-corrected chi connectivity index (χ2v) is 11.8. The summed E-state index contributed by atoms with van der Waals surface area (Å²) in [7, 11) is 0. The Balaban J connectivity index is 1.80. The molecule has 43 heavy (non-hydrogen) atoms. The zero-order valence-corrected chi connectivity index (χ0v) is 25.7. The van der Waals surface area contributed by atoms with Gasteiger partial charge < -0.3 is 25.0 Å². The predicted molar refractivity (Wildman–Crippen MR) is 167 cm³/mol. The van der Waals surface area contributed by atoms with Crippen LogP contribution in [0.4, 0.5) is 10.5 Å². The fourth-order valence-electron chi connectivity index (χ4n) is 4.57. The quantitative estimate of drug-likeness (QED) is 0.203. The number of aryl methyl sites for hydroxylation is 2. The third-order valence-electron chi connectivity index (χ3n) is 7.52. The number of pyridine rings is 1. The molecule has 1 atom stereocenters. The SMILES string of the molecule is Cc1ccn(CCCCC(C)C)c(=O)c1NC(=O)C(Cc1ccc(C(C)(C)C(=O)O)cc1)NC(=O)OCc1ccccc1. The Hall–Kier alpha value is -4.40. The van der Waals surface area contributed by atoms with Gasteiger partial charge in [-0.25, -0.2) is 4.79 Å². The van der Waals surface area contributed by atoms with E-state index in [1.54, 1.807) is 61.9 Å². The van der Waals surface area contributed by atoms with Crippen molar-refractivity contribution < 1.29 is 24.2 Å². The molecule has 3 aromatic rings. The van der Waals surface area contributed by atoms with Crippen molar-refractivity contribution in [3.05, 3.63) is 99.5 Å². The van der Waals surface area contributed by atoms with Crippen LogP contribution in [0, 0.1) is 12.8 Å². The molecule has 0 bridgehead atoms. The van der Waals surface area contributed by atoms with Gasteiger partial charge in [-0.3, -0.25) is 14.4 Å². The number of rotatable bonds is 14. The van der Waals surface area contributed by atoms with Gasteiger partial charge in [-0.2, -0.15) is 0 Å². The Morgan fingerprint density at radius 2 is 1.63 bits per heavy atom. The number of carbonyl (C=O) groups is 3. The molecule has 2 aromatic carbocycles. The topological polar surface area (TPSA) is 127 Å². The van der Waals surface area contributed by atoms with Crippen LogP contribution in [0.3, 0.4) is 0 Å². The van der Waals surface area contributed by atoms with Crippen molar-refractivity contribution in [2.75, 3.05) is 5.32 Å². The number of hydrogen-bond acceptors (Lipinski definition) is 5. The molecule has 3 rings (SSSR count). The van der Waals surface area contributed by atoms with Crippen molar-refractivity contribution in [2.24, 2.45) is 5.92 Å². The first-order valence-electron chi connectivity index (χ1n) is 14.7. The molecule has 0 radical (unpaired) electrons. The largest absolute Gasteiger partial charge is 0.481 e. The van der Waals surface area contributed by atoms with Gasteiger partial charge in [0.05, 0.1) is 5.41 Å². The monoisotopic (exact) mass is 589 g/mol. The van der Waals surface area contributed by atoms with Gasteiger partial charge >= 0.3 is 12.1 Å². The van der Waals surface area contributed by atoms with Gasteiger partial charge in [0.25, 0.3) is 5.56 Å². The van der Waals surface area contributed by atoms with E-state index >= 15 is 0 Å². The van der Waals surface area contributed by atoms with E-state index in [2.05, 4.69) is 24.5 Å². The van der Waals surface area contributed by atoms with E-state index in [0.29, 0.717) is 29.2 Å². The molecule has 0 saturated carbocycles. The molecule has 0 aliphatic heterocycles. The number of nitrogens with one attached hydrogen (secondary N) is 2. The summed E-state index contributed by atoms with van der Waals surface area (Å²) in [5.74, 6) is -0.929. The number of benzene rings is 2. The summed E-state index contributed by atoms with van der Waals surface area (Å²) in [6.07, 6.45) is 3.97. The smallest absolute Gasteiger partial charge is 0.408 e. The normalized spacial score (nSPS) is 12.0. The molecule has 0 spiro atoms. The predicted octanol–water partition coefficient (Wildman–Crippen LogP) is 5.82. The van der Waals surface area contributed by atoms with Crippen LogP contribution in [0.25, 0.3) is 0 Å². The van der Waals surface area contributed by atoms with Crippen LogP contribution >= 0.6 is 0 Å². The lowest BCUT2D eigenvalue weighted by molar-refractivity contribution is -0.142. The van der Waals surface area contributed by atoms with Crippen molar-refractivity contribution in [1.82, 2.24) is 9.88 Å². The van der Waals surface area contributed by atoms with Gasteiger partial charge in [0.1, 0.15) is 18.3 Å². The Morgan fingerprint density at radius 3 is 2.26 bits per heavy atom. The number of aliphatic carboxylic acids is 1. The summed E-state index contributed by atoms with van der Waals surface area (Å²) in [5, 5.41) is 15.0. The highest BCUT2D eigenvalue weighted by Gasteiger charge is 2.30. The van der Waals surface area contributed by atoms with E-state index in [-0.39, 0.29) is 24.3 Å². The number of carboxylic acid groups (broad SMARTS) is 1. The highest BCUT2D eigenvalue weighted by molar-refractivity contribution is 5.97. The second-order valence-electron chi connectivity index (χ2n) is 11.8. The summed E-state index contributed by atoms with van der Waals surface area (Å²) in [4.78, 5) is 51.3. The lowest BCUT2D eigenvalue weighted by Gasteiger charge is -2.21. The molecule has 0 aliphatic rings. The minimum atomic E-state index is -1.09. The number of nitrogens with zero attached hydrogens (tertiary/aromatic N) is 1. The van der Waals surface area contributed by atoms with Gasteiger partial charge in [0.2, 0.25) is 5.91 Å². The van der Waals surface area contributed by atoms with Crippen molar-refractivity contribution in [1.29, 1.82) is 0 Å². The molecule has 2 amide bonds. The van der Waals surface area contributed by atoms with E-state index in [1.807, 2.05) is 30.3 Å². The lowest BCUT2D eigenvalue weighted by Crippen LogP contribution is -2.46. The van der Waals surface area contributed by atoms with Crippen LogP contribution in [-0.4, -0.2) is 33.7 Å². The molecule has 0 fully saturated rings. The fourth-order valence-corrected chi connectivity index (χ4v) is 4.57. The first-order chi connectivity index (χ1) is 20.4. The summed E-state index contributed by atoms with van der Waals surface area (Å²) in [6, 6.07) is 16.8. The molecule has 9 heteroatoms. The average molecular weight is 590 g/mol. The zero-order chi connectivity index (χ0) is 31.6. The van der Waals surface area contributed by atoms with Crippen LogP contribution in [0.2, 0.25) is 0 Å². The summed E-state index contributed by atoms with van der Waals surface area (Å²) >= 11 is 0. The van der Waals surface area contributed by atoms with E-state index < -0.39 is 29.4 Å². The fraction of sp³-hybridized carbons (Fsp3) is 0.412. The molecule has 0 aliphatic carbocycles. The number of anilines is 1. The van der Waals surface area contributed by atoms with Crippen molar-refractivity contribution in [3.8, 4) is 0 Å². The van der Waals surface area contributed by atoms with Crippen molar-refractivity contribution >= 4 is 23.7 Å². The number of aromatic nitrogens is 1. The van der Waals surface area contributed by atoms with Crippen LogP contribution in [0.5, 0.6) is 0 Å². The second kappa shape index (κ2) is 15.2. The van der Waals surface area contributed by atoms with Gasteiger partial charge in [-0.1, -0.05) is 81.3 Å². The highest BCUT2D eigenvalue weighted by atomic mass is 16.5. The molecule has 9 nitrogen and oxygen atoms in total. The van der Waals surface area contributed by atoms with Gasteiger partial charge in [-0.05, 0) is 61.4 Å². The van der Waals surface area contributed by atoms with Gasteiger partial charge in [0, 0.05) is 19.2 Å². The number of alkyl carbamates (subject to hydrolysis) is 1. The Morgan fingerprint density at radius 1 is 0.953 bits per heavy atom. The maximum absolute atomic E-state index is 13.6. The van der Waals surface area contributed by atoms with E-state index in [4.69, 9.17) is 4.74 Å². The third-order valence-corrected chi connectivity index (χ3v) is 7.52. The Bertz CT molecular complexity index is 1450. The number of carbonyl (C=O) groups excluding carboxylic acids is 2. The molecule has 230 valence electrons. The van der Waals surface area contributed by atoms with Crippen molar-refractivity contribution in [2.45, 2.75) is 84.9 Å². The van der Waals surface area contributed by atoms with E-state index in [0.717, 1.165) is 24.8 Å². The van der Waals surface area contributed by atoms with Gasteiger partial charge in [-0.15, -0.1) is 0 Å². The number of ether oxygens (including phenoxy) is 1. The average Bonchev–Trinajstić information content (AvgIpc) is 2.97. The van der Waals surface area contributed by atoms with Crippen LogP contribution in [-0.2, 0) is 39.3 Å². The first-order valence-corrected chi connectivity index (χ1v) is 14.7. The van der Waals surface area contributed by atoms with Crippen LogP contribution in [0.15, 0.2) is 71.7 Å². The molecule has 1 unspecified atom stereocenters. The van der Waals surface area contributed by atoms with Crippen LogP contribution < -0.4 is 16.2 Å². The number of amides is 2. The number of unbranched alkanes of at least 4 members (excludes halogenated alkanes) is 1. The molecule has 0 saturated heterocycles. The minimum Gasteiger partial charge on any atom is -0.481 e. The molecular weight excluding hydrogens is 546 g/mol. The number of carboxylic acids is 1. The third kappa shape index (κ3) is 9.56. The van der Waals surface area contributed by atoms with E-state index in [1.165, 1.54) is 0 Å². The maximum atomic E-state index is 13.6. The molecule has 3 N–H and O–H groups in total. The summed E-state index contributed by atoms with van der Waals surface area (Å²) in [5.41, 5.74) is 1.48. The van der Waals surface area contributed by atoms with Crippen molar-refractivity contribution in [3.63, 3.8) is 0 Å². The highest BCUT2D eigenvalue weighted by Crippen LogP contribution is 2.24. The lowest BCUT2D eigenvalue weighted by atomic mass is 9.84. The maximum Gasteiger partial charge on any atom is 0.408 e. The Labute approximate surface area is 253 Å². The molecular formula is C34H43N3O6. The standard InChI is InChI=1S/C34H43N3O6/c1-23(2)11-9-10-19-37-20-18-24(3)29(31(37)39)36-30(38)28(35-33(42)43-22-26-12-7-6-8-13-26)21-25-14-16-27(17-15-25)34(4,5)32(40)41/h6-8,12-18,20,23,28H,9-11,19,21-22H2,1-5H3,(H,35,42)(H,36,38)(H,40,41). The van der Waals surface area contributed by atoms with Crippen LogP contribution in [0.1, 0.15) is 69.2 Å². The summed E-state index contributed by atoms with van der Waals surface area (Å²) < 4.78 is 6.96. The molecule has 1 heterocycles. The van der Waals surface area contributed by atoms with Gasteiger partial charge in [0.15, 0.2) is 0 Å². The summed E-state index contributed by atoms with van der Waals surface area (Å²) in [6.45, 7) is 9.88. The first kappa shape index (κ1) is 33.1. The number of hydrogen-bond donors (Lipinski definition) is 3. The van der Waals surface area contributed by atoms with E-state index in [9.17, 15) is 24.3 Å². The zero-order valence-electron chi connectivity index (χ0n) is 25.7. The Kier molecular flexibility index (Phi) is 11.7. The molecule has 1 aromatic heterocycles.